The van der Waals surface area contributed by atoms with Crippen molar-refractivity contribution in [2.75, 3.05) is 0 Å². The summed E-state index contributed by atoms with van der Waals surface area (Å²) in [5.74, 6) is 0.116. The molecule has 0 bridgehead atoms. The van der Waals surface area contributed by atoms with Crippen molar-refractivity contribution in [2.45, 2.75) is 6.54 Å². The highest BCUT2D eigenvalue weighted by molar-refractivity contribution is 9.10. The molecule has 0 aliphatic rings. The number of nitrogens with zero attached hydrogens (tertiary/aromatic N) is 1. The highest BCUT2D eigenvalue weighted by atomic mass is 79.9. The van der Waals surface area contributed by atoms with Gasteiger partial charge < -0.3 is 0 Å². The van der Waals surface area contributed by atoms with Crippen LogP contribution in [0.1, 0.15) is 10.4 Å². The number of hydrogen-bond acceptors (Lipinski definition) is 1. The Morgan fingerprint density at radius 2 is 1.80 bits per heavy atom. The monoisotopic (exact) mass is 326 g/mol. The first-order valence-corrected chi connectivity index (χ1v) is 7.19. The first-order chi connectivity index (χ1) is 9.74. The first kappa shape index (κ1) is 13.0. The van der Waals surface area contributed by atoms with Crippen molar-refractivity contribution in [3.8, 4) is 0 Å². The Kier molecular flexibility index (Phi) is 3.61. The van der Waals surface area contributed by atoms with Gasteiger partial charge in [0.05, 0.1) is 4.47 Å². The zero-order chi connectivity index (χ0) is 13.9. The van der Waals surface area contributed by atoms with E-state index in [-0.39, 0.29) is 5.78 Å². The predicted molar refractivity (Wildman–Crippen MR) is 82.6 cm³/mol. The van der Waals surface area contributed by atoms with Gasteiger partial charge in [-0.25, -0.2) is 0 Å². The molecule has 3 rings (SSSR count). The van der Waals surface area contributed by atoms with Crippen LogP contribution in [0.3, 0.4) is 0 Å². The highest BCUT2D eigenvalue weighted by Crippen LogP contribution is 2.19. The molecule has 0 amide bonds. The van der Waals surface area contributed by atoms with Crippen LogP contribution in [0, 0.1) is 0 Å². The minimum absolute atomic E-state index is 0.116. The van der Waals surface area contributed by atoms with E-state index < -0.39 is 0 Å². The second kappa shape index (κ2) is 5.55. The zero-order valence-corrected chi connectivity index (χ0v) is 12.4. The Bertz CT molecular complexity index is 777. The number of Topliss-reactive ketones (excluding diaryl/α,β-unsaturated/α-hetero) is 1. The number of benzene rings is 2. The molecule has 20 heavy (non-hydrogen) atoms. The van der Waals surface area contributed by atoms with Crippen LogP contribution in [0.15, 0.2) is 71.5 Å². The number of hydrogen-bond donors (Lipinski definition) is 0. The van der Waals surface area contributed by atoms with E-state index in [0.717, 1.165) is 20.8 Å². The molecule has 0 saturated carbocycles. The van der Waals surface area contributed by atoms with E-state index in [1.807, 2.05) is 71.6 Å². The maximum absolute atomic E-state index is 12.5. The molecule has 1 aromatic heterocycles. The summed E-state index contributed by atoms with van der Waals surface area (Å²) in [5, 5.41) is 2.10. The summed E-state index contributed by atoms with van der Waals surface area (Å²) in [6.45, 7) is 0.341. The van der Waals surface area contributed by atoms with E-state index in [0.29, 0.717) is 6.54 Å². The average Bonchev–Trinajstić information content (AvgIpc) is 2.46. The fraction of sp³-hybridized carbons (Fsp3) is 0.0588. The molecule has 3 heteroatoms. The molecule has 98 valence electrons. The van der Waals surface area contributed by atoms with Gasteiger partial charge in [0.1, 0.15) is 0 Å². The third-order valence-electron chi connectivity index (χ3n) is 3.24. The zero-order valence-electron chi connectivity index (χ0n) is 10.8. The molecule has 3 aromatic rings. The Morgan fingerprint density at radius 1 is 1.00 bits per heavy atom. The van der Waals surface area contributed by atoms with E-state index in [1.165, 1.54) is 0 Å². The standard InChI is InChI=1S/C17H13BrNO/c18-14-7-4-10-19(11-14)12-17(20)16-9-3-6-13-5-1-2-8-15(13)16/h1-11H,12H2/q+1. The van der Waals surface area contributed by atoms with Crippen LogP contribution in [0.4, 0.5) is 0 Å². The fourth-order valence-electron chi connectivity index (χ4n) is 2.31. The third-order valence-corrected chi connectivity index (χ3v) is 3.71. The van der Waals surface area contributed by atoms with E-state index >= 15 is 0 Å². The summed E-state index contributed by atoms with van der Waals surface area (Å²) in [6, 6.07) is 17.7. The molecule has 0 aliphatic carbocycles. The van der Waals surface area contributed by atoms with Gasteiger partial charge in [0.15, 0.2) is 12.4 Å². The van der Waals surface area contributed by atoms with E-state index in [2.05, 4.69) is 15.9 Å². The summed E-state index contributed by atoms with van der Waals surface area (Å²) >= 11 is 3.42. The van der Waals surface area contributed by atoms with Gasteiger partial charge in [-0.05, 0) is 32.8 Å². The predicted octanol–water partition coefficient (Wildman–Crippen LogP) is 3.77. The molecule has 2 aromatic carbocycles. The molecule has 1 heterocycles. The van der Waals surface area contributed by atoms with Crippen LogP contribution in [0.5, 0.6) is 0 Å². The summed E-state index contributed by atoms with van der Waals surface area (Å²) in [4.78, 5) is 12.5. The number of carbonyl (C=O) groups excluding carboxylic acids is 1. The van der Waals surface area contributed by atoms with Crippen LogP contribution < -0.4 is 4.57 Å². The van der Waals surface area contributed by atoms with Gasteiger partial charge in [0.2, 0.25) is 12.3 Å². The SMILES string of the molecule is O=C(C[n+]1cccc(Br)c1)c1cccc2ccccc12. The smallest absolute Gasteiger partial charge is 0.228 e. The molecule has 0 unspecified atom stereocenters. The average molecular weight is 327 g/mol. The lowest BCUT2D eigenvalue weighted by molar-refractivity contribution is -0.683. The Balaban J connectivity index is 1.97. The molecular weight excluding hydrogens is 314 g/mol. The number of rotatable bonds is 3. The molecule has 0 aliphatic heterocycles. The molecule has 0 spiro atoms. The van der Waals surface area contributed by atoms with Crippen LogP contribution >= 0.6 is 15.9 Å². The highest BCUT2D eigenvalue weighted by Gasteiger charge is 2.14. The quantitative estimate of drug-likeness (QED) is 0.530. The van der Waals surface area contributed by atoms with Crippen molar-refractivity contribution >= 4 is 32.5 Å². The van der Waals surface area contributed by atoms with Crippen molar-refractivity contribution in [1.29, 1.82) is 0 Å². The van der Waals surface area contributed by atoms with Crippen molar-refractivity contribution in [2.24, 2.45) is 0 Å². The van der Waals surface area contributed by atoms with Crippen LogP contribution in [-0.4, -0.2) is 5.78 Å². The number of fused-ring (bicyclic) bond motifs is 1. The lowest BCUT2D eigenvalue weighted by Gasteiger charge is -2.04. The maximum atomic E-state index is 12.5. The van der Waals surface area contributed by atoms with Crippen molar-refractivity contribution in [3.05, 3.63) is 77.0 Å². The first-order valence-electron chi connectivity index (χ1n) is 6.39. The summed E-state index contributed by atoms with van der Waals surface area (Å²) < 4.78 is 2.85. The van der Waals surface area contributed by atoms with E-state index in [1.54, 1.807) is 0 Å². The van der Waals surface area contributed by atoms with Gasteiger partial charge in [-0.1, -0.05) is 42.5 Å². The molecule has 0 N–H and O–H groups in total. The number of halogens is 1. The summed E-state index contributed by atoms with van der Waals surface area (Å²) in [7, 11) is 0. The van der Waals surface area contributed by atoms with Gasteiger partial charge in [-0.2, -0.15) is 4.57 Å². The minimum atomic E-state index is 0.116. The van der Waals surface area contributed by atoms with Crippen LogP contribution in [-0.2, 0) is 6.54 Å². The molecule has 0 atom stereocenters. The lowest BCUT2D eigenvalue weighted by atomic mass is 10.0. The van der Waals surface area contributed by atoms with Gasteiger partial charge in [-0.15, -0.1) is 0 Å². The largest absolute Gasteiger partial charge is 0.287 e. The Labute approximate surface area is 125 Å². The Hall–Kier alpha value is -2.00. The topological polar surface area (TPSA) is 20.9 Å². The van der Waals surface area contributed by atoms with Crippen molar-refractivity contribution in [1.82, 2.24) is 0 Å². The minimum Gasteiger partial charge on any atom is -0.287 e. The maximum Gasteiger partial charge on any atom is 0.228 e. The van der Waals surface area contributed by atoms with Crippen LogP contribution in [0.2, 0.25) is 0 Å². The number of carbonyl (C=O) groups is 1. The molecule has 0 saturated heterocycles. The molecule has 2 nitrogen and oxygen atoms in total. The number of ketones is 1. The number of aromatic nitrogens is 1. The van der Waals surface area contributed by atoms with Gasteiger partial charge in [-0.3, -0.25) is 4.79 Å². The van der Waals surface area contributed by atoms with Gasteiger partial charge >= 0.3 is 0 Å². The summed E-state index contributed by atoms with van der Waals surface area (Å²) in [5.41, 5.74) is 0.774. The van der Waals surface area contributed by atoms with E-state index in [9.17, 15) is 4.79 Å². The van der Waals surface area contributed by atoms with Crippen LogP contribution in [0.25, 0.3) is 10.8 Å². The molecular formula is C17H13BrNO+. The second-order valence-corrected chi connectivity index (χ2v) is 5.56. The number of pyridine rings is 1. The van der Waals surface area contributed by atoms with Crippen molar-refractivity contribution < 1.29 is 9.36 Å². The lowest BCUT2D eigenvalue weighted by Crippen LogP contribution is -2.37. The summed E-state index contributed by atoms with van der Waals surface area (Å²) in [6.07, 6.45) is 3.80. The normalized spacial score (nSPS) is 10.7. The van der Waals surface area contributed by atoms with Gasteiger partial charge in [0.25, 0.3) is 0 Å². The van der Waals surface area contributed by atoms with Crippen molar-refractivity contribution in [3.63, 3.8) is 0 Å². The molecule has 0 radical (unpaired) electrons. The van der Waals surface area contributed by atoms with Gasteiger partial charge in [0, 0.05) is 11.6 Å². The second-order valence-electron chi connectivity index (χ2n) is 4.64. The molecule has 0 fully saturated rings. The van der Waals surface area contributed by atoms with E-state index in [4.69, 9.17) is 0 Å². The Morgan fingerprint density at radius 3 is 2.65 bits per heavy atom. The third kappa shape index (κ3) is 2.63. The fourth-order valence-corrected chi connectivity index (χ4v) is 2.72.